The third-order valence-corrected chi connectivity index (χ3v) is 8.62. The molecule has 5 N–H and O–H groups in total. The third-order valence-electron chi connectivity index (χ3n) is 7.87. The Balaban J connectivity index is 3.28. The molecular formula is C30H50N4O8S. The summed E-state index contributed by atoms with van der Waals surface area (Å²) in [6, 6.07) is -4.03. The van der Waals surface area contributed by atoms with Crippen molar-refractivity contribution in [2.24, 2.45) is 22.7 Å². The largest absolute Gasteiger partial charge is 0.480 e. The molecular weight excluding hydrogens is 576 g/mol. The molecule has 3 amide bonds. The van der Waals surface area contributed by atoms with Gasteiger partial charge < -0.3 is 26.0 Å². The second kappa shape index (κ2) is 15.1. The normalized spacial score (nSPS) is 18.9. The van der Waals surface area contributed by atoms with Gasteiger partial charge in [0.15, 0.2) is 0 Å². The number of likely N-dealkylation sites (N-methyl/N-ethyl adjacent to an activating group) is 2. The number of aliphatic carboxylic acids is 1. The van der Waals surface area contributed by atoms with Gasteiger partial charge in [-0.15, -0.1) is 0 Å². The zero-order valence-corrected chi connectivity index (χ0v) is 27.8. The molecule has 1 aliphatic rings. The van der Waals surface area contributed by atoms with Gasteiger partial charge >= 0.3 is 5.97 Å². The highest BCUT2D eigenvalue weighted by Crippen LogP contribution is 2.36. The van der Waals surface area contributed by atoms with Crippen molar-refractivity contribution in [3.63, 3.8) is 0 Å². The van der Waals surface area contributed by atoms with Crippen molar-refractivity contribution in [3.8, 4) is 0 Å². The number of nitrogens with one attached hydrogen (secondary N) is 3. The summed E-state index contributed by atoms with van der Waals surface area (Å²) in [5.74, 6) is -4.48. The predicted molar refractivity (Wildman–Crippen MR) is 166 cm³/mol. The van der Waals surface area contributed by atoms with Gasteiger partial charge in [0, 0.05) is 12.6 Å². The fourth-order valence-electron chi connectivity index (χ4n) is 5.15. The lowest BCUT2D eigenvalue weighted by atomic mass is 9.70. The summed E-state index contributed by atoms with van der Waals surface area (Å²) in [7, 11) is -1.39. The number of allylic oxidation sites excluding steroid dienone is 4. The molecule has 0 aromatic heterocycles. The number of carbonyl (C=O) groups is 4. The van der Waals surface area contributed by atoms with E-state index in [-0.39, 0.29) is 29.2 Å². The third kappa shape index (κ3) is 10.9. The van der Waals surface area contributed by atoms with E-state index in [1.165, 1.54) is 17.9 Å². The van der Waals surface area contributed by atoms with Gasteiger partial charge in [-0.3, -0.25) is 18.9 Å². The fourth-order valence-corrected chi connectivity index (χ4v) is 5.80. The summed E-state index contributed by atoms with van der Waals surface area (Å²) in [6.45, 7) is 14.7. The average molecular weight is 627 g/mol. The van der Waals surface area contributed by atoms with Gasteiger partial charge in [-0.25, -0.2) is 4.79 Å². The minimum absolute atomic E-state index is 0.0443. The molecule has 1 unspecified atom stereocenters. The Bertz CT molecular complexity index is 1230. The van der Waals surface area contributed by atoms with Crippen LogP contribution in [0.5, 0.6) is 0 Å². The first-order valence-corrected chi connectivity index (χ1v) is 15.9. The van der Waals surface area contributed by atoms with Crippen molar-refractivity contribution in [1.82, 2.24) is 20.9 Å². The van der Waals surface area contributed by atoms with Gasteiger partial charge in [0.2, 0.25) is 17.7 Å². The lowest BCUT2D eigenvalue weighted by Gasteiger charge is -2.42. The number of rotatable bonds is 14. The van der Waals surface area contributed by atoms with E-state index in [1.807, 2.05) is 60.6 Å². The van der Waals surface area contributed by atoms with E-state index in [4.69, 9.17) is 4.55 Å². The zero-order chi connectivity index (χ0) is 33.5. The SMILES string of the molecule is CN[C@H](C(=O)N[C@H](C(=O)N(C)[C@H](/C=C(\C)C(=O)N[C@@H](CS(=O)(=O)O)C(=O)O)C(C)C)C(C)(C)C)C(C)(C)C1C=CC=CC1. The Labute approximate surface area is 256 Å². The van der Waals surface area contributed by atoms with E-state index in [2.05, 4.69) is 28.1 Å². The monoisotopic (exact) mass is 626 g/mol. The number of hydrogen-bond acceptors (Lipinski definition) is 7. The summed E-state index contributed by atoms with van der Waals surface area (Å²) in [5, 5.41) is 17.5. The van der Waals surface area contributed by atoms with Crippen LogP contribution in [0.3, 0.4) is 0 Å². The molecule has 0 aliphatic heterocycles. The van der Waals surface area contributed by atoms with E-state index in [1.54, 1.807) is 14.1 Å². The molecule has 244 valence electrons. The van der Waals surface area contributed by atoms with E-state index < -0.39 is 62.7 Å². The Hall–Kier alpha value is -3.03. The van der Waals surface area contributed by atoms with Crippen molar-refractivity contribution in [1.29, 1.82) is 0 Å². The van der Waals surface area contributed by atoms with E-state index in [0.717, 1.165) is 6.42 Å². The Morgan fingerprint density at radius 1 is 1.05 bits per heavy atom. The van der Waals surface area contributed by atoms with Gasteiger partial charge in [0.05, 0.1) is 12.1 Å². The van der Waals surface area contributed by atoms with Crippen molar-refractivity contribution < 1.29 is 37.3 Å². The molecule has 0 bridgehead atoms. The molecule has 0 aromatic carbocycles. The molecule has 5 atom stereocenters. The van der Waals surface area contributed by atoms with Crippen LogP contribution in [-0.2, 0) is 29.3 Å². The minimum atomic E-state index is -4.67. The zero-order valence-electron chi connectivity index (χ0n) is 27.0. The highest BCUT2D eigenvalue weighted by Gasteiger charge is 2.43. The molecule has 0 saturated heterocycles. The highest BCUT2D eigenvalue weighted by atomic mass is 32.2. The molecule has 0 fully saturated rings. The van der Waals surface area contributed by atoms with Crippen LogP contribution in [0.25, 0.3) is 0 Å². The van der Waals surface area contributed by atoms with Crippen LogP contribution in [0, 0.1) is 22.7 Å². The molecule has 0 heterocycles. The summed E-state index contributed by atoms with van der Waals surface area (Å²) >= 11 is 0. The Morgan fingerprint density at radius 3 is 2.05 bits per heavy atom. The molecule has 13 heteroatoms. The molecule has 0 aromatic rings. The first-order valence-electron chi connectivity index (χ1n) is 14.3. The molecule has 12 nitrogen and oxygen atoms in total. The molecule has 0 spiro atoms. The predicted octanol–water partition coefficient (Wildman–Crippen LogP) is 2.15. The van der Waals surface area contributed by atoms with Gasteiger partial charge in [-0.1, -0.05) is 78.8 Å². The quantitative estimate of drug-likeness (QED) is 0.142. The number of nitrogens with zero attached hydrogens (tertiary/aromatic N) is 1. The van der Waals surface area contributed by atoms with Crippen molar-refractivity contribution in [2.75, 3.05) is 19.8 Å². The van der Waals surface area contributed by atoms with Crippen molar-refractivity contribution in [2.45, 2.75) is 86.0 Å². The van der Waals surface area contributed by atoms with E-state index >= 15 is 0 Å². The number of hydrogen-bond donors (Lipinski definition) is 5. The van der Waals surface area contributed by atoms with Crippen LogP contribution in [0.4, 0.5) is 0 Å². The van der Waals surface area contributed by atoms with Crippen LogP contribution in [0.15, 0.2) is 36.0 Å². The number of amides is 3. The van der Waals surface area contributed by atoms with Gasteiger partial charge in [0.1, 0.15) is 17.8 Å². The maximum atomic E-state index is 14.0. The Morgan fingerprint density at radius 2 is 1.63 bits per heavy atom. The maximum absolute atomic E-state index is 14.0. The Kier molecular flexibility index (Phi) is 13.4. The molecule has 43 heavy (non-hydrogen) atoms. The fraction of sp³-hybridized carbons (Fsp3) is 0.667. The molecule has 0 radical (unpaired) electrons. The van der Waals surface area contributed by atoms with Crippen LogP contribution in [-0.4, -0.2) is 90.7 Å². The first-order chi connectivity index (χ1) is 19.5. The number of carboxylic acid groups (broad SMARTS) is 1. The second-order valence-corrected chi connectivity index (χ2v) is 14.6. The van der Waals surface area contributed by atoms with Crippen LogP contribution in [0.1, 0.15) is 61.8 Å². The van der Waals surface area contributed by atoms with Crippen LogP contribution >= 0.6 is 0 Å². The van der Waals surface area contributed by atoms with E-state index in [0.29, 0.717) is 0 Å². The summed E-state index contributed by atoms with van der Waals surface area (Å²) in [4.78, 5) is 53.3. The molecule has 0 saturated carbocycles. The number of carboxylic acids is 1. The number of carbonyl (C=O) groups excluding carboxylic acids is 3. The smallest absolute Gasteiger partial charge is 0.327 e. The standard InChI is InChI=1S/C30H50N4O8S/c1-18(2)22(16-19(3)25(35)32-21(28(38)39)17-43(40,41)42)34(10)27(37)24(29(4,5)6)33-26(36)23(31-9)30(7,8)20-14-12-11-13-15-20/h11-14,16,18,20-24,31H,15,17H2,1-10H3,(H,32,35)(H,33,36)(H,38,39)(H,40,41,42)/b19-16+/t20?,21-,22+,23+,24+/m0/s1. The van der Waals surface area contributed by atoms with Gasteiger partial charge in [-0.05, 0) is 43.1 Å². The first kappa shape index (κ1) is 38.0. The maximum Gasteiger partial charge on any atom is 0.327 e. The topological polar surface area (TPSA) is 182 Å². The second-order valence-electron chi connectivity index (χ2n) is 13.2. The average Bonchev–Trinajstić information content (AvgIpc) is 2.88. The highest BCUT2D eigenvalue weighted by molar-refractivity contribution is 7.85. The molecule has 1 aliphatic carbocycles. The van der Waals surface area contributed by atoms with Crippen molar-refractivity contribution >= 4 is 33.8 Å². The summed E-state index contributed by atoms with van der Waals surface area (Å²) in [5.41, 5.74) is -1.12. The van der Waals surface area contributed by atoms with Crippen LogP contribution < -0.4 is 16.0 Å². The summed E-state index contributed by atoms with van der Waals surface area (Å²) < 4.78 is 31.4. The van der Waals surface area contributed by atoms with Gasteiger partial charge in [0.25, 0.3) is 10.1 Å². The lowest BCUT2D eigenvalue weighted by Crippen LogP contribution is -2.61. The van der Waals surface area contributed by atoms with E-state index in [9.17, 15) is 32.7 Å². The van der Waals surface area contributed by atoms with Gasteiger partial charge in [-0.2, -0.15) is 8.42 Å². The minimum Gasteiger partial charge on any atom is -0.480 e. The van der Waals surface area contributed by atoms with Crippen molar-refractivity contribution in [3.05, 3.63) is 36.0 Å². The van der Waals surface area contributed by atoms with Crippen LogP contribution in [0.2, 0.25) is 0 Å². The lowest BCUT2D eigenvalue weighted by molar-refractivity contribution is -0.141. The molecule has 1 rings (SSSR count). The summed E-state index contributed by atoms with van der Waals surface area (Å²) in [6.07, 6.45) is 10.4.